The second-order valence-corrected chi connectivity index (χ2v) is 9.09. The minimum atomic E-state index is -0.113. The number of para-hydroxylation sites is 1. The molecule has 4 rings (SSSR count). The average molecular weight is 464 g/mol. The third-order valence-electron chi connectivity index (χ3n) is 5.95. The molecular formula is C25H29N5O2S. The number of aryl methyl sites for hydroxylation is 2. The smallest absolute Gasteiger partial charge is 0.295 e. The molecule has 0 N–H and O–H groups in total. The predicted octanol–water partition coefficient (Wildman–Crippen LogP) is 4.47. The second-order valence-electron chi connectivity index (χ2n) is 8.15. The van der Waals surface area contributed by atoms with Crippen LogP contribution in [-0.2, 0) is 13.6 Å². The van der Waals surface area contributed by atoms with E-state index in [4.69, 9.17) is 0 Å². The van der Waals surface area contributed by atoms with Gasteiger partial charge in [0, 0.05) is 42.9 Å². The van der Waals surface area contributed by atoms with Gasteiger partial charge in [0.15, 0.2) is 10.9 Å². The Bertz CT molecular complexity index is 1360. The number of nitrogens with zero attached hydrogens (tertiary/aromatic N) is 5. The number of carbonyl (C=O) groups is 1. The Kier molecular flexibility index (Phi) is 6.47. The molecule has 0 unspecified atom stereocenters. The molecule has 33 heavy (non-hydrogen) atoms. The van der Waals surface area contributed by atoms with E-state index in [9.17, 15) is 9.59 Å². The summed E-state index contributed by atoms with van der Waals surface area (Å²) >= 11 is 1.45. The van der Waals surface area contributed by atoms with Gasteiger partial charge in [-0.2, -0.15) is 0 Å². The fourth-order valence-electron chi connectivity index (χ4n) is 4.26. The summed E-state index contributed by atoms with van der Waals surface area (Å²) in [6.07, 6.45) is 4.72. The Hall–Kier alpha value is -3.26. The van der Waals surface area contributed by atoms with E-state index in [0.717, 1.165) is 40.9 Å². The standard InChI is InChI=1S/C25H29N5O2S/c1-6-13-28-14-12-26-25(28)33-16-22(31)21-15-17(2)29(18(21)3)23-19(4)27(5)30(24(23)32)20-10-8-7-9-11-20/h7-12,14-15H,6,13,16H2,1-5H3. The molecule has 0 spiro atoms. The number of benzene rings is 1. The van der Waals surface area contributed by atoms with Gasteiger partial charge in [0.1, 0.15) is 5.69 Å². The highest BCUT2D eigenvalue weighted by molar-refractivity contribution is 7.99. The highest BCUT2D eigenvalue weighted by Crippen LogP contribution is 2.25. The van der Waals surface area contributed by atoms with Gasteiger partial charge < -0.3 is 9.13 Å². The molecule has 8 heteroatoms. The van der Waals surface area contributed by atoms with Gasteiger partial charge >= 0.3 is 0 Å². The average Bonchev–Trinajstić information content (AvgIpc) is 3.43. The summed E-state index contributed by atoms with van der Waals surface area (Å²) in [4.78, 5) is 31.0. The van der Waals surface area contributed by atoms with E-state index in [0.29, 0.717) is 17.0 Å². The van der Waals surface area contributed by atoms with E-state index in [1.807, 2.05) is 79.7 Å². The van der Waals surface area contributed by atoms with Crippen molar-refractivity contribution < 1.29 is 4.79 Å². The first-order valence-electron chi connectivity index (χ1n) is 11.1. The topological polar surface area (TPSA) is 66.8 Å². The van der Waals surface area contributed by atoms with Gasteiger partial charge in [0.05, 0.1) is 17.1 Å². The van der Waals surface area contributed by atoms with Crippen molar-refractivity contribution in [2.75, 3.05) is 5.75 Å². The maximum absolute atomic E-state index is 13.5. The zero-order valence-corrected chi connectivity index (χ0v) is 20.5. The van der Waals surface area contributed by atoms with Crippen molar-refractivity contribution >= 4 is 17.5 Å². The summed E-state index contributed by atoms with van der Waals surface area (Å²) < 4.78 is 7.50. The molecule has 1 aromatic carbocycles. The second kappa shape index (κ2) is 9.31. The van der Waals surface area contributed by atoms with Crippen molar-refractivity contribution in [3.8, 4) is 11.4 Å². The molecule has 3 heterocycles. The number of aromatic nitrogens is 5. The molecule has 0 atom stereocenters. The Morgan fingerprint density at radius 1 is 1.09 bits per heavy atom. The van der Waals surface area contributed by atoms with Crippen LogP contribution in [0.25, 0.3) is 11.4 Å². The van der Waals surface area contributed by atoms with E-state index < -0.39 is 0 Å². The molecule has 0 aliphatic rings. The minimum Gasteiger partial charge on any atom is -0.326 e. The molecule has 0 radical (unpaired) electrons. The lowest BCUT2D eigenvalue weighted by Crippen LogP contribution is -2.22. The number of carbonyl (C=O) groups excluding carboxylic acids is 1. The maximum atomic E-state index is 13.5. The lowest BCUT2D eigenvalue weighted by atomic mass is 10.2. The summed E-state index contributed by atoms with van der Waals surface area (Å²) in [6, 6.07) is 11.5. The number of hydrogen-bond acceptors (Lipinski definition) is 4. The van der Waals surface area contributed by atoms with Gasteiger partial charge in [-0.15, -0.1) is 0 Å². The summed E-state index contributed by atoms with van der Waals surface area (Å²) in [6.45, 7) is 8.77. The number of rotatable bonds is 8. The van der Waals surface area contributed by atoms with Crippen molar-refractivity contribution in [2.24, 2.45) is 7.05 Å². The van der Waals surface area contributed by atoms with Crippen molar-refractivity contribution in [2.45, 2.75) is 45.8 Å². The lowest BCUT2D eigenvalue weighted by molar-refractivity contribution is 0.102. The number of ketones is 1. The first-order chi connectivity index (χ1) is 15.8. The molecule has 0 saturated carbocycles. The molecule has 3 aromatic heterocycles. The first-order valence-corrected chi connectivity index (χ1v) is 12.0. The van der Waals surface area contributed by atoms with Gasteiger partial charge in [-0.25, -0.2) is 9.67 Å². The largest absolute Gasteiger partial charge is 0.326 e. The molecule has 0 saturated heterocycles. The first kappa shape index (κ1) is 22.9. The van der Waals surface area contributed by atoms with E-state index in [1.54, 1.807) is 10.9 Å². The van der Waals surface area contributed by atoms with Crippen LogP contribution < -0.4 is 5.56 Å². The summed E-state index contributed by atoms with van der Waals surface area (Å²) in [5.74, 6) is 0.329. The Labute approximate surface area is 197 Å². The Morgan fingerprint density at radius 3 is 2.52 bits per heavy atom. The van der Waals surface area contributed by atoms with Gasteiger partial charge in [0.2, 0.25) is 0 Å². The van der Waals surface area contributed by atoms with E-state index >= 15 is 0 Å². The van der Waals surface area contributed by atoms with Crippen LogP contribution in [0, 0.1) is 20.8 Å². The molecular weight excluding hydrogens is 434 g/mol. The van der Waals surface area contributed by atoms with Crippen LogP contribution in [0.2, 0.25) is 0 Å². The van der Waals surface area contributed by atoms with Gasteiger partial charge in [0.25, 0.3) is 5.56 Å². The zero-order valence-electron chi connectivity index (χ0n) is 19.7. The number of hydrogen-bond donors (Lipinski definition) is 0. The minimum absolute atomic E-state index is 0.0300. The molecule has 0 amide bonds. The number of thioether (sulfide) groups is 1. The third-order valence-corrected chi connectivity index (χ3v) is 6.96. The normalized spacial score (nSPS) is 11.3. The highest BCUT2D eigenvalue weighted by atomic mass is 32.2. The van der Waals surface area contributed by atoms with Gasteiger partial charge in [-0.05, 0) is 45.4 Å². The Balaban J connectivity index is 1.68. The third kappa shape index (κ3) is 4.11. The van der Waals surface area contributed by atoms with Gasteiger partial charge in [-0.3, -0.25) is 14.3 Å². The van der Waals surface area contributed by atoms with Crippen LogP contribution in [0.15, 0.2) is 58.7 Å². The molecule has 172 valence electrons. The monoisotopic (exact) mass is 463 g/mol. The van der Waals surface area contributed by atoms with Crippen LogP contribution >= 0.6 is 11.8 Å². The van der Waals surface area contributed by atoms with E-state index in [2.05, 4.69) is 16.5 Å². The number of Topliss-reactive ketones (excluding diaryl/α,β-unsaturated/α-hetero) is 1. The van der Waals surface area contributed by atoms with Crippen LogP contribution in [0.1, 0.15) is 40.8 Å². The molecule has 0 bridgehead atoms. The van der Waals surface area contributed by atoms with Crippen LogP contribution in [-0.4, -0.2) is 35.0 Å². The van der Waals surface area contributed by atoms with Crippen molar-refractivity contribution in [3.63, 3.8) is 0 Å². The summed E-state index contributed by atoms with van der Waals surface area (Å²) in [7, 11) is 1.88. The van der Waals surface area contributed by atoms with Crippen molar-refractivity contribution in [1.29, 1.82) is 0 Å². The fraction of sp³-hybridized carbons (Fsp3) is 0.320. The van der Waals surface area contributed by atoms with Crippen LogP contribution in [0.3, 0.4) is 0 Å². The zero-order chi connectivity index (χ0) is 23.7. The molecule has 0 aliphatic carbocycles. The van der Waals surface area contributed by atoms with Crippen LogP contribution in [0.4, 0.5) is 0 Å². The molecule has 4 aromatic rings. The molecule has 0 aliphatic heterocycles. The molecule has 7 nitrogen and oxygen atoms in total. The quantitative estimate of drug-likeness (QED) is 0.286. The van der Waals surface area contributed by atoms with E-state index in [1.165, 1.54) is 11.8 Å². The van der Waals surface area contributed by atoms with Crippen molar-refractivity contribution in [1.82, 2.24) is 23.5 Å². The Morgan fingerprint density at radius 2 is 1.82 bits per heavy atom. The van der Waals surface area contributed by atoms with Crippen molar-refractivity contribution in [3.05, 3.63) is 81.8 Å². The summed E-state index contributed by atoms with van der Waals surface area (Å²) in [5.41, 5.74) is 4.38. The number of imidazole rings is 1. The lowest BCUT2D eigenvalue weighted by Gasteiger charge is -2.09. The van der Waals surface area contributed by atoms with Crippen LogP contribution in [0.5, 0.6) is 0 Å². The fourth-order valence-corrected chi connectivity index (χ4v) is 5.12. The SMILES string of the molecule is CCCn1ccnc1SCC(=O)c1cc(C)n(-c2c(C)n(C)n(-c3ccccc3)c2=O)c1C. The highest BCUT2D eigenvalue weighted by Gasteiger charge is 2.24. The van der Waals surface area contributed by atoms with E-state index in [-0.39, 0.29) is 11.3 Å². The molecule has 0 fully saturated rings. The predicted molar refractivity (Wildman–Crippen MR) is 132 cm³/mol. The summed E-state index contributed by atoms with van der Waals surface area (Å²) in [5, 5.41) is 0.851. The van der Waals surface area contributed by atoms with Gasteiger partial charge in [-0.1, -0.05) is 36.9 Å². The maximum Gasteiger partial charge on any atom is 0.295 e.